The van der Waals surface area contributed by atoms with E-state index >= 15 is 0 Å². The van der Waals surface area contributed by atoms with Crippen molar-refractivity contribution < 1.29 is 13.5 Å². The van der Waals surface area contributed by atoms with Crippen molar-refractivity contribution in [3.8, 4) is 11.1 Å². The molecule has 0 aliphatic heterocycles. The molecule has 1 unspecified atom stereocenters. The zero-order valence-electron chi connectivity index (χ0n) is 19.3. The Morgan fingerprint density at radius 1 is 1.15 bits per heavy atom. The number of rotatable bonds is 10. The predicted octanol–water partition coefficient (Wildman–Crippen LogP) is 5.80. The maximum atomic E-state index is 14.7. The van der Waals surface area contributed by atoms with Gasteiger partial charge in [-0.2, -0.15) is 0 Å². The van der Waals surface area contributed by atoms with E-state index in [0.29, 0.717) is 65.2 Å². The molecule has 8 heteroatoms. The first-order valence-corrected chi connectivity index (χ1v) is 12.1. The number of nitrogens with one attached hydrogen (secondary N) is 3. The first kappa shape index (κ1) is 24.2. The molecule has 2 saturated carbocycles. The van der Waals surface area contributed by atoms with Gasteiger partial charge in [-0.3, -0.25) is 0 Å². The molecular weight excluding hydrogens is 446 g/mol. The highest BCUT2D eigenvalue weighted by molar-refractivity contribution is 6.33. The van der Waals surface area contributed by atoms with Crippen molar-refractivity contribution in [1.82, 2.24) is 10.3 Å². The van der Waals surface area contributed by atoms with Crippen LogP contribution >= 0.6 is 11.6 Å². The summed E-state index contributed by atoms with van der Waals surface area (Å²) in [4.78, 5) is 4.42. The van der Waals surface area contributed by atoms with Crippen LogP contribution in [-0.4, -0.2) is 49.0 Å². The molecule has 2 aromatic rings. The zero-order chi connectivity index (χ0) is 23.4. The summed E-state index contributed by atoms with van der Waals surface area (Å²) in [6.45, 7) is 3.08. The molecule has 5 nitrogen and oxygen atoms in total. The van der Waals surface area contributed by atoms with Gasteiger partial charge >= 0.3 is 0 Å². The van der Waals surface area contributed by atoms with Crippen LogP contribution in [0.2, 0.25) is 5.02 Å². The minimum atomic E-state index is -1.13. The number of pyridine rings is 1. The van der Waals surface area contributed by atoms with E-state index in [9.17, 15) is 8.78 Å². The van der Waals surface area contributed by atoms with Crippen LogP contribution in [0.1, 0.15) is 45.4 Å². The van der Waals surface area contributed by atoms with Crippen molar-refractivity contribution in [1.29, 1.82) is 0 Å². The lowest BCUT2D eigenvalue weighted by Gasteiger charge is -2.32. The Bertz CT molecular complexity index is 948. The second-order valence-electron chi connectivity index (χ2n) is 9.46. The van der Waals surface area contributed by atoms with E-state index in [4.69, 9.17) is 16.3 Å². The van der Waals surface area contributed by atoms with Crippen LogP contribution in [0.25, 0.3) is 11.1 Å². The Morgan fingerprint density at radius 2 is 1.88 bits per heavy atom. The largest absolute Gasteiger partial charge is 0.383 e. The molecule has 1 aromatic heterocycles. The fraction of sp³-hybridized carbons (Fsp3) is 0.560. The van der Waals surface area contributed by atoms with Crippen LogP contribution in [0, 0.1) is 5.82 Å². The number of aromatic nitrogens is 1. The third kappa shape index (κ3) is 6.55. The summed E-state index contributed by atoms with van der Waals surface area (Å²) < 4.78 is 33.9. The Kier molecular flexibility index (Phi) is 7.72. The summed E-state index contributed by atoms with van der Waals surface area (Å²) in [5, 5.41) is 10.6. The summed E-state index contributed by atoms with van der Waals surface area (Å²) in [6, 6.07) is 7.63. The summed E-state index contributed by atoms with van der Waals surface area (Å²) >= 11 is 6.39. The second-order valence-corrected chi connectivity index (χ2v) is 9.87. The van der Waals surface area contributed by atoms with Crippen molar-refractivity contribution in [2.24, 2.45) is 0 Å². The molecule has 3 N–H and O–H groups in total. The van der Waals surface area contributed by atoms with Crippen LogP contribution in [0.15, 0.2) is 30.5 Å². The van der Waals surface area contributed by atoms with Gasteiger partial charge in [0.2, 0.25) is 0 Å². The van der Waals surface area contributed by atoms with Crippen LogP contribution in [0.3, 0.4) is 0 Å². The topological polar surface area (TPSA) is 58.2 Å². The van der Waals surface area contributed by atoms with Crippen molar-refractivity contribution in [3.63, 3.8) is 0 Å². The van der Waals surface area contributed by atoms with Gasteiger partial charge < -0.3 is 20.7 Å². The SMILES string of the molecule is COCC(C)NC1CCC(Nc2cc(-c3cc(NCC4(F)CC4)ccc3F)c(Cl)cn2)CC1. The maximum Gasteiger partial charge on any atom is 0.131 e. The summed E-state index contributed by atoms with van der Waals surface area (Å²) in [7, 11) is 1.72. The molecule has 33 heavy (non-hydrogen) atoms. The molecule has 1 heterocycles. The lowest BCUT2D eigenvalue weighted by atomic mass is 9.90. The third-order valence-electron chi connectivity index (χ3n) is 6.53. The monoisotopic (exact) mass is 478 g/mol. The Balaban J connectivity index is 1.40. The number of alkyl halides is 1. The van der Waals surface area contributed by atoms with Gasteiger partial charge in [-0.05, 0) is 69.7 Å². The Hall–Kier alpha value is -1.96. The van der Waals surface area contributed by atoms with Gasteiger partial charge in [0.25, 0.3) is 0 Å². The third-order valence-corrected chi connectivity index (χ3v) is 6.83. The van der Waals surface area contributed by atoms with Gasteiger partial charge in [-0.25, -0.2) is 13.8 Å². The summed E-state index contributed by atoms with van der Waals surface area (Å²) in [5.41, 5.74) is 0.488. The van der Waals surface area contributed by atoms with E-state index in [0.717, 1.165) is 25.7 Å². The molecule has 2 fully saturated rings. The lowest BCUT2D eigenvalue weighted by Crippen LogP contribution is -2.42. The van der Waals surface area contributed by atoms with Crippen molar-refractivity contribution in [2.45, 2.75) is 69.2 Å². The highest BCUT2D eigenvalue weighted by Crippen LogP contribution is 2.40. The molecule has 4 rings (SSSR count). The summed E-state index contributed by atoms with van der Waals surface area (Å²) in [6.07, 6.45) is 6.90. The van der Waals surface area contributed by atoms with Crippen molar-refractivity contribution in [3.05, 3.63) is 41.3 Å². The molecule has 2 aliphatic carbocycles. The average molecular weight is 479 g/mol. The van der Waals surface area contributed by atoms with Gasteiger partial charge in [0.1, 0.15) is 17.3 Å². The van der Waals surface area contributed by atoms with Gasteiger partial charge in [0.15, 0.2) is 0 Å². The normalized spacial score (nSPS) is 22.6. The number of halogens is 3. The van der Waals surface area contributed by atoms with E-state index < -0.39 is 5.67 Å². The van der Waals surface area contributed by atoms with Crippen LogP contribution < -0.4 is 16.0 Å². The quantitative estimate of drug-likeness (QED) is 0.402. The van der Waals surface area contributed by atoms with Gasteiger partial charge in [-0.15, -0.1) is 0 Å². The smallest absolute Gasteiger partial charge is 0.131 e. The molecule has 0 radical (unpaired) electrons. The number of nitrogens with zero attached hydrogens (tertiary/aromatic N) is 1. The molecule has 2 aliphatic rings. The van der Waals surface area contributed by atoms with E-state index in [1.54, 1.807) is 31.5 Å². The van der Waals surface area contributed by atoms with Gasteiger partial charge in [-0.1, -0.05) is 11.6 Å². The molecule has 1 aromatic carbocycles. The summed E-state index contributed by atoms with van der Waals surface area (Å²) in [5.74, 6) is 0.301. The van der Waals surface area contributed by atoms with E-state index in [2.05, 4.69) is 27.9 Å². The fourth-order valence-electron chi connectivity index (χ4n) is 4.45. The average Bonchev–Trinajstić information content (AvgIpc) is 3.53. The molecule has 0 bridgehead atoms. The van der Waals surface area contributed by atoms with Crippen molar-refractivity contribution in [2.75, 3.05) is 30.9 Å². The minimum Gasteiger partial charge on any atom is -0.383 e. The molecule has 0 amide bonds. The Morgan fingerprint density at radius 3 is 2.58 bits per heavy atom. The highest BCUT2D eigenvalue weighted by atomic mass is 35.5. The van der Waals surface area contributed by atoms with E-state index in [1.165, 1.54) is 6.07 Å². The molecule has 0 spiro atoms. The predicted molar refractivity (Wildman–Crippen MR) is 130 cm³/mol. The molecule has 0 saturated heterocycles. The highest BCUT2D eigenvalue weighted by Gasteiger charge is 2.42. The first-order chi connectivity index (χ1) is 15.8. The Labute approximate surface area is 199 Å². The standard InChI is InChI=1S/C25H33ClF2N4O/c1-16(14-33-2)31-17-3-5-18(6-4-17)32-24-12-20(22(26)13-29-24)21-11-19(7-8-23(21)27)30-15-25(28)9-10-25/h7-8,11-13,16-18,30-31H,3-6,9-10,14-15H2,1-2H3,(H,29,32). The molecule has 180 valence electrons. The van der Waals surface area contributed by atoms with E-state index in [-0.39, 0.29) is 12.4 Å². The first-order valence-electron chi connectivity index (χ1n) is 11.7. The van der Waals surface area contributed by atoms with E-state index in [1.807, 2.05) is 0 Å². The van der Waals surface area contributed by atoms with Gasteiger partial charge in [0, 0.05) is 54.8 Å². The van der Waals surface area contributed by atoms with Crippen molar-refractivity contribution >= 4 is 23.1 Å². The molecule has 1 atom stereocenters. The number of hydrogen-bond donors (Lipinski definition) is 3. The van der Waals surface area contributed by atoms with Gasteiger partial charge in [0.05, 0.1) is 11.6 Å². The zero-order valence-corrected chi connectivity index (χ0v) is 20.0. The minimum absolute atomic E-state index is 0.233. The number of ether oxygens (including phenoxy) is 1. The fourth-order valence-corrected chi connectivity index (χ4v) is 4.66. The van der Waals surface area contributed by atoms with Crippen LogP contribution in [-0.2, 0) is 4.74 Å². The molecular formula is C25H33ClF2N4O. The lowest BCUT2D eigenvalue weighted by molar-refractivity contribution is 0.161. The number of benzene rings is 1. The van der Waals surface area contributed by atoms with Crippen LogP contribution in [0.5, 0.6) is 0 Å². The number of methoxy groups -OCH3 is 1. The number of anilines is 2. The maximum absolute atomic E-state index is 14.7. The number of hydrogen-bond acceptors (Lipinski definition) is 5. The van der Waals surface area contributed by atoms with Crippen LogP contribution in [0.4, 0.5) is 20.3 Å². The second kappa shape index (κ2) is 10.5.